The first-order valence-electron chi connectivity index (χ1n) is 7.46. The summed E-state index contributed by atoms with van der Waals surface area (Å²) in [7, 11) is 0. The van der Waals surface area contributed by atoms with E-state index < -0.39 is 0 Å². The van der Waals surface area contributed by atoms with Crippen LogP contribution in [0.5, 0.6) is 5.75 Å². The summed E-state index contributed by atoms with van der Waals surface area (Å²) >= 11 is 7.52. The molecule has 0 saturated carbocycles. The Balaban J connectivity index is 0.00000192. The van der Waals surface area contributed by atoms with Crippen LogP contribution in [-0.2, 0) is 13.2 Å². The molecule has 2 heterocycles. The van der Waals surface area contributed by atoms with Crippen LogP contribution in [0, 0.1) is 0 Å². The Morgan fingerprint density at radius 1 is 1.39 bits per heavy atom. The number of piperazine rings is 1. The highest BCUT2D eigenvalue weighted by Gasteiger charge is 2.16. The van der Waals surface area contributed by atoms with E-state index in [-0.39, 0.29) is 12.4 Å². The van der Waals surface area contributed by atoms with Crippen LogP contribution < -0.4 is 10.1 Å². The lowest BCUT2D eigenvalue weighted by Crippen LogP contribution is -2.48. The van der Waals surface area contributed by atoms with E-state index in [0.717, 1.165) is 42.6 Å². The van der Waals surface area contributed by atoms with Gasteiger partial charge in [0.15, 0.2) is 0 Å². The van der Waals surface area contributed by atoms with Gasteiger partial charge >= 0.3 is 0 Å². The van der Waals surface area contributed by atoms with Crippen molar-refractivity contribution in [1.82, 2.24) is 15.2 Å². The molecule has 7 heteroatoms. The summed E-state index contributed by atoms with van der Waals surface area (Å²) in [5, 5.41) is 7.31. The van der Waals surface area contributed by atoms with Gasteiger partial charge in [-0.2, -0.15) is 0 Å². The van der Waals surface area contributed by atoms with E-state index in [4.69, 9.17) is 16.3 Å². The van der Waals surface area contributed by atoms with Crippen molar-refractivity contribution >= 4 is 35.3 Å². The predicted octanol–water partition coefficient (Wildman–Crippen LogP) is 3.59. The third-order valence-electron chi connectivity index (χ3n) is 3.61. The molecular formula is C16H21Cl2N3OS. The number of benzene rings is 1. The molecule has 1 aromatic carbocycles. The Morgan fingerprint density at radius 2 is 2.17 bits per heavy atom. The Kier molecular flexibility index (Phi) is 7.11. The van der Waals surface area contributed by atoms with Gasteiger partial charge in [0.25, 0.3) is 0 Å². The highest BCUT2D eigenvalue weighted by atomic mass is 35.5. The molecule has 3 rings (SSSR count). The van der Waals surface area contributed by atoms with Gasteiger partial charge in [-0.1, -0.05) is 11.6 Å². The van der Waals surface area contributed by atoms with E-state index in [1.54, 1.807) is 11.3 Å². The Hall–Kier alpha value is -0.850. The standard InChI is InChI=1S/C16H20ClN3OS.ClH/c1-12-8-20(7-6-18-12)9-14-11-22-16(19-14)10-21-15-4-2-13(17)3-5-15;/h2-5,11-12,18H,6-10H2,1H3;1H. The smallest absolute Gasteiger partial charge is 0.140 e. The maximum absolute atomic E-state index is 5.86. The number of halogens is 2. The van der Waals surface area contributed by atoms with E-state index in [0.29, 0.717) is 17.7 Å². The van der Waals surface area contributed by atoms with Crippen LogP contribution >= 0.6 is 35.3 Å². The van der Waals surface area contributed by atoms with E-state index >= 15 is 0 Å². The minimum atomic E-state index is 0. The zero-order valence-corrected chi connectivity index (χ0v) is 15.4. The summed E-state index contributed by atoms with van der Waals surface area (Å²) in [6.45, 7) is 6.86. The lowest BCUT2D eigenvalue weighted by molar-refractivity contribution is 0.197. The van der Waals surface area contributed by atoms with Gasteiger partial charge in [-0.15, -0.1) is 23.7 Å². The number of thiazole rings is 1. The number of nitrogens with zero attached hydrogens (tertiary/aromatic N) is 2. The second kappa shape index (κ2) is 8.85. The first-order chi connectivity index (χ1) is 10.7. The Morgan fingerprint density at radius 3 is 2.91 bits per heavy atom. The van der Waals surface area contributed by atoms with Crippen molar-refractivity contribution in [2.24, 2.45) is 0 Å². The number of hydrogen-bond donors (Lipinski definition) is 1. The highest BCUT2D eigenvalue weighted by molar-refractivity contribution is 7.09. The van der Waals surface area contributed by atoms with Crippen molar-refractivity contribution in [2.75, 3.05) is 19.6 Å². The monoisotopic (exact) mass is 373 g/mol. The number of ether oxygens (including phenoxy) is 1. The van der Waals surface area contributed by atoms with Crippen LogP contribution in [0.3, 0.4) is 0 Å². The molecule has 0 spiro atoms. The number of rotatable bonds is 5. The van der Waals surface area contributed by atoms with Crippen molar-refractivity contribution in [3.05, 3.63) is 45.4 Å². The summed E-state index contributed by atoms with van der Waals surface area (Å²) < 4.78 is 5.73. The first-order valence-corrected chi connectivity index (χ1v) is 8.72. The topological polar surface area (TPSA) is 37.4 Å². The van der Waals surface area contributed by atoms with E-state index in [2.05, 4.69) is 27.5 Å². The molecule has 1 N–H and O–H groups in total. The van der Waals surface area contributed by atoms with Crippen molar-refractivity contribution in [3.63, 3.8) is 0 Å². The average molecular weight is 374 g/mol. The molecule has 1 aliphatic heterocycles. The number of hydrogen-bond acceptors (Lipinski definition) is 5. The number of nitrogens with one attached hydrogen (secondary N) is 1. The average Bonchev–Trinajstić information content (AvgIpc) is 2.94. The SMILES string of the molecule is CC1CN(Cc2csc(COc3ccc(Cl)cc3)n2)CCN1.Cl. The van der Waals surface area contributed by atoms with Crippen molar-refractivity contribution in [1.29, 1.82) is 0 Å². The fraction of sp³-hybridized carbons (Fsp3) is 0.438. The molecule has 126 valence electrons. The second-order valence-electron chi connectivity index (χ2n) is 5.57. The molecule has 1 fully saturated rings. The van der Waals surface area contributed by atoms with Crippen molar-refractivity contribution in [3.8, 4) is 5.75 Å². The Bertz CT molecular complexity index is 606. The molecule has 1 aliphatic rings. The molecular weight excluding hydrogens is 353 g/mol. The third kappa shape index (κ3) is 5.62. The lowest BCUT2D eigenvalue weighted by atomic mass is 10.2. The maximum Gasteiger partial charge on any atom is 0.140 e. The molecule has 0 amide bonds. The quantitative estimate of drug-likeness (QED) is 0.868. The van der Waals surface area contributed by atoms with Gasteiger partial charge in [0, 0.05) is 42.6 Å². The van der Waals surface area contributed by atoms with Crippen molar-refractivity contribution < 1.29 is 4.74 Å². The van der Waals surface area contributed by atoms with E-state index in [1.165, 1.54) is 0 Å². The third-order valence-corrected chi connectivity index (χ3v) is 4.74. The highest BCUT2D eigenvalue weighted by Crippen LogP contribution is 2.19. The molecule has 1 aromatic heterocycles. The Labute approximate surface area is 152 Å². The molecule has 1 atom stereocenters. The molecule has 0 radical (unpaired) electrons. The molecule has 4 nitrogen and oxygen atoms in total. The van der Waals surface area contributed by atoms with Gasteiger partial charge in [0.2, 0.25) is 0 Å². The summed E-state index contributed by atoms with van der Waals surface area (Å²) in [5.74, 6) is 0.817. The van der Waals surface area contributed by atoms with Crippen LogP contribution in [0.2, 0.25) is 5.02 Å². The summed E-state index contributed by atoms with van der Waals surface area (Å²) in [4.78, 5) is 7.11. The molecule has 2 aromatic rings. The molecule has 1 saturated heterocycles. The predicted molar refractivity (Wildman–Crippen MR) is 97.9 cm³/mol. The van der Waals surface area contributed by atoms with Gasteiger partial charge in [0.05, 0.1) is 5.69 Å². The minimum Gasteiger partial charge on any atom is -0.486 e. The van der Waals surface area contributed by atoms with Gasteiger partial charge in [0.1, 0.15) is 17.4 Å². The zero-order valence-electron chi connectivity index (χ0n) is 13.0. The second-order valence-corrected chi connectivity index (χ2v) is 6.94. The molecule has 23 heavy (non-hydrogen) atoms. The molecule has 0 aliphatic carbocycles. The normalized spacial score (nSPS) is 18.4. The largest absolute Gasteiger partial charge is 0.486 e. The van der Waals surface area contributed by atoms with Crippen LogP contribution in [0.25, 0.3) is 0 Å². The van der Waals surface area contributed by atoms with Gasteiger partial charge in [-0.05, 0) is 31.2 Å². The van der Waals surface area contributed by atoms with Crippen LogP contribution in [0.1, 0.15) is 17.6 Å². The molecule has 0 bridgehead atoms. The first kappa shape index (κ1) is 18.5. The van der Waals surface area contributed by atoms with Gasteiger partial charge in [-0.25, -0.2) is 4.98 Å². The van der Waals surface area contributed by atoms with Gasteiger partial charge in [-0.3, -0.25) is 4.90 Å². The molecule has 1 unspecified atom stereocenters. The fourth-order valence-electron chi connectivity index (χ4n) is 2.55. The summed E-state index contributed by atoms with van der Waals surface area (Å²) in [6, 6.07) is 7.96. The fourth-order valence-corrected chi connectivity index (χ4v) is 3.37. The summed E-state index contributed by atoms with van der Waals surface area (Å²) in [6.07, 6.45) is 0. The van der Waals surface area contributed by atoms with E-state index in [9.17, 15) is 0 Å². The van der Waals surface area contributed by atoms with Crippen LogP contribution in [0.15, 0.2) is 29.6 Å². The lowest BCUT2D eigenvalue weighted by Gasteiger charge is -2.31. The van der Waals surface area contributed by atoms with Gasteiger partial charge < -0.3 is 10.1 Å². The summed E-state index contributed by atoms with van der Waals surface area (Å²) in [5.41, 5.74) is 1.13. The minimum absolute atomic E-state index is 0. The van der Waals surface area contributed by atoms with Crippen molar-refractivity contribution in [2.45, 2.75) is 26.1 Å². The van der Waals surface area contributed by atoms with E-state index in [1.807, 2.05) is 24.3 Å². The number of aromatic nitrogens is 1. The van der Waals surface area contributed by atoms with Crippen LogP contribution in [0.4, 0.5) is 0 Å². The van der Waals surface area contributed by atoms with Crippen LogP contribution in [-0.4, -0.2) is 35.6 Å². The zero-order chi connectivity index (χ0) is 15.4. The maximum atomic E-state index is 5.86.